The van der Waals surface area contributed by atoms with E-state index in [0.717, 1.165) is 42.0 Å². The molecule has 3 aromatic carbocycles. The van der Waals surface area contributed by atoms with Crippen LogP contribution in [0.2, 0.25) is 0 Å². The predicted molar refractivity (Wildman–Crippen MR) is 157 cm³/mol. The molecule has 5 fully saturated rings. The Morgan fingerprint density at radius 2 is 1.70 bits per heavy atom. The number of hydrogen-bond acceptors (Lipinski definition) is 4. The first-order valence-electron chi connectivity index (χ1n) is 15.7. The number of likely N-dealkylation sites (tertiary alicyclic amines) is 2. The molecule has 4 nitrogen and oxygen atoms in total. The van der Waals surface area contributed by atoms with Crippen LogP contribution in [0.3, 0.4) is 0 Å². The Bertz CT molecular complexity index is 1440. The summed E-state index contributed by atoms with van der Waals surface area (Å²) in [4.78, 5) is 5.85. The third-order valence-corrected chi connectivity index (χ3v) is 12.1. The van der Waals surface area contributed by atoms with Gasteiger partial charge in [0.1, 0.15) is 5.75 Å². The van der Waals surface area contributed by atoms with Gasteiger partial charge >= 0.3 is 0 Å². The minimum atomic E-state index is 0.171. The molecule has 4 bridgehead atoms. The second-order valence-electron chi connectivity index (χ2n) is 13.8. The van der Waals surface area contributed by atoms with Crippen molar-refractivity contribution in [2.24, 2.45) is 23.2 Å². The number of benzene rings is 3. The Labute approximate surface area is 238 Å². The van der Waals surface area contributed by atoms with E-state index in [2.05, 4.69) is 82.6 Å². The summed E-state index contributed by atoms with van der Waals surface area (Å²) in [5, 5.41) is 0. The van der Waals surface area contributed by atoms with Crippen LogP contribution in [0.5, 0.6) is 17.2 Å². The predicted octanol–water partition coefficient (Wildman–Crippen LogP) is 6.68. The fraction of sp³-hybridized carbons (Fsp3) is 0.500. The Kier molecular flexibility index (Phi) is 5.12. The van der Waals surface area contributed by atoms with E-state index < -0.39 is 0 Å². The second-order valence-corrected chi connectivity index (χ2v) is 13.8. The third kappa shape index (κ3) is 3.15. The number of ether oxygens (including phenoxy) is 2. The molecule has 0 radical (unpaired) electrons. The molecular weight excluding hydrogens is 492 g/mol. The molecule has 2 aliphatic heterocycles. The van der Waals surface area contributed by atoms with Gasteiger partial charge in [-0.3, -0.25) is 9.80 Å². The highest BCUT2D eigenvalue weighted by Gasteiger charge is 2.79. The number of fused-ring (bicyclic) bond motifs is 1. The van der Waals surface area contributed by atoms with Crippen molar-refractivity contribution in [3.63, 3.8) is 0 Å². The van der Waals surface area contributed by atoms with Gasteiger partial charge in [-0.05, 0) is 97.6 Å². The zero-order chi connectivity index (χ0) is 26.5. The van der Waals surface area contributed by atoms with Crippen molar-refractivity contribution in [1.82, 2.24) is 9.80 Å². The molecule has 0 aromatic heterocycles. The van der Waals surface area contributed by atoms with Gasteiger partial charge in [-0.1, -0.05) is 54.6 Å². The zero-order valence-electron chi connectivity index (χ0n) is 23.6. The number of piperidine rings is 1. The minimum absolute atomic E-state index is 0.171. The first-order chi connectivity index (χ1) is 19.7. The normalized spacial score (nSPS) is 35.4. The zero-order valence-corrected chi connectivity index (χ0v) is 23.6. The summed E-state index contributed by atoms with van der Waals surface area (Å²) < 4.78 is 12.9. The molecule has 0 N–H and O–H groups in total. The summed E-state index contributed by atoms with van der Waals surface area (Å²) in [6, 6.07) is 27.5. The van der Waals surface area contributed by atoms with Crippen molar-refractivity contribution in [2.45, 2.75) is 62.6 Å². The molecule has 4 heteroatoms. The summed E-state index contributed by atoms with van der Waals surface area (Å²) in [6.45, 7) is 4.88. The lowest BCUT2D eigenvalue weighted by Crippen LogP contribution is -2.64. The molecular formula is C36H40N2O2. The molecule has 3 saturated carbocycles. The smallest absolute Gasteiger partial charge is 0.173 e. The number of rotatable bonds is 7. The van der Waals surface area contributed by atoms with E-state index in [1.807, 2.05) is 7.11 Å². The monoisotopic (exact) mass is 532 g/mol. The highest BCUT2D eigenvalue weighted by atomic mass is 16.5. The Morgan fingerprint density at radius 1 is 0.900 bits per heavy atom. The van der Waals surface area contributed by atoms with Crippen molar-refractivity contribution >= 4 is 0 Å². The molecule has 206 valence electrons. The van der Waals surface area contributed by atoms with Crippen LogP contribution in [-0.4, -0.2) is 48.6 Å². The number of para-hydroxylation sites is 1. The summed E-state index contributed by atoms with van der Waals surface area (Å²) in [5.41, 5.74) is 5.01. The Morgan fingerprint density at radius 3 is 2.48 bits per heavy atom. The van der Waals surface area contributed by atoms with Crippen LogP contribution < -0.4 is 9.47 Å². The number of methoxy groups -OCH3 is 1. The SMILES string of the molecule is COc1ccc2c(c1Oc1ccccc1)C13CCN(CC4CC4)C(C2)C12CC1C3[C@@H](CN1Cc1ccccc1)C2. The van der Waals surface area contributed by atoms with Gasteiger partial charge in [-0.2, -0.15) is 0 Å². The standard InChI is InChI=1S/C36H40N2O2/c1-39-30-15-14-26-18-31-35-19-27-23-38(22-24-8-4-2-5-9-24)29(20-35)32(27)36(35,16-17-37(31)21-25-12-13-25)33(26)34(30)40-28-10-6-3-7-11-28/h2-11,14-15,25,27,29,31-32H,12-13,16-23H2,1H3/t27-,29?,31?,32?,35?,36?/m1/s1. The van der Waals surface area contributed by atoms with Gasteiger partial charge < -0.3 is 9.47 Å². The molecule has 2 heterocycles. The lowest BCUT2D eigenvalue weighted by atomic mass is 9.50. The van der Waals surface area contributed by atoms with E-state index in [4.69, 9.17) is 9.47 Å². The van der Waals surface area contributed by atoms with Crippen molar-refractivity contribution < 1.29 is 9.47 Å². The highest BCUT2D eigenvalue weighted by Crippen LogP contribution is 2.79. The first-order valence-corrected chi connectivity index (χ1v) is 15.7. The second kappa shape index (κ2) is 8.59. The molecule has 2 saturated heterocycles. The average molecular weight is 533 g/mol. The van der Waals surface area contributed by atoms with Gasteiger partial charge in [0.05, 0.1) is 7.11 Å². The van der Waals surface area contributed by atoms with E-state index in [9.17, 15) is 0 Å². The summed E-state index contributed by atoms with van der Waals surface area (Å²) in [6.07, 6.45) is 8.01. The molecule has 0 spiro atoms. The van der Waals surface area contributed by atoms with Crippen LogP contribution in [0.4, 0.5) is 0 Å². The fourth-order valence-electron chi connectivity index (χ4n) is 10.8. The minimum Gasteiger partial charge on any atom is -0.493 e. The van der Waals surface area contributed by atoms with Crippen molar-refractivity contribution in [3.05, 3.63) is 89.5 Å². The lowest BCUT2D eigenvalue weighted by molar-refractivity contribution is -0.0439. The number of hydrogen-bond donors (Lipinski definition) is 0. The first kappa shape index (κ1) is 23.8. The van der Waals surface area contributed by atoms with Gasteiger partial charge in [0.15, 0.2) is 11.5 Å². The molecule has 6 atom stereocenters. The van der Waals surface area contributed by atoms with E-state index in [-0.39, 0.29) is 5.41 Å². The maximum absolute atomic E-state index is 6.88. The largest absolute Gasteiger partial charge is 0.493 e. The van der Waals surface area contributed by atoms with Crippen LogP contribution in [0.25, 0.3) is 0 Å². The fourth-order valence-corrected chi connectivity index (χ4v) is 10.8. The third-order valence-electron chi connectivity index (χ3n) is 12.1. The van der Waals surface area contributed by atoms with Crippen LogP contribution in [0.15, 0.2) is 72.8 Å². The molecule has 5 unspecified atom stereocenters. The van der Waals surface area contributed by atoms with Crippen LogP contribution >= 0.6 is 0 Å². The van der Waals surface area contributed by atoms with Crippen molar-refractivity contribution in [3.8, 4) is 17.2 Å². The molecule has 9 rings (SSSR count). The summed E-state index contributed by atoms with van der Waals surface area (Å²) >= 11 is 0. The van der Waals surface area contributed by atoms with E-state index >= 15 is 0 Å². The molecule has 3 aromatic rings. The summed E-state index contributed by atoms with van der Waals surface area (Å²) in [7, 11) is 1.81. The molecule has 6 aliphatic rings. The van der Waals surface area contributed by atoms with Crippen molar-refractivity contribution in [1.29, 1.82) is 0 Å². The van der Waals surface area contributed by atoms with Gasteiger partial charge in [0.25, 0.3) is 0 Å². The van der Waals surface area contributed by atoms with Crippen LogP contribution in [0, 0.1) is 23.2 Å². The van der Waals surface area contributed by atoms with Gasteiger partial charge in [-0.25, -0.2) is 0 Å². The Balaban J connectivity index is 1.20. The molecule has 0 amide bonds. The van der Waals surface area contributed by atoms with Gasteiger partial charge in [-0.15, -0.1) is 0 Å². The number of nitrogens with zero attached hydrogens (tertiary/aromatic N) is 2. The van der Waals surface area contributed by atoms with Gasteiger partial charge in [0, 0.05) is 42.7 Å². The lowest BCUT2D eigenvalue weighted by Gasteiger charge is -2.60. The van der Waals surface area contributed by atoms with Crippen LogP contribution in [-0.2, 0) is 18.4 Å². The maximum atomic E-state index is 6.88. The van der Waals surface area contributed by atoms with Crippen LogP contribution in [0.1, 0.15) is 48.8 Å². The quantitative estimate of drug-likeness (QED) is 0.339. The topological polar surface area (TPSA) is 24.9 Å². The Hall–Kier alpha value is -2.82. The molecule has 40 heavy (non-hydrogen) atoms. The molecule has 4 aliphatic carbocycles. The van der Waals surface area contributed by atoms with Gasteiger partial charge in [0.2, 0.25) is 0 Å². The van der Waals surface area contributed by atoms with E-state index in [1.54, 1.807) is 0 Å². The maximum Gasteiger partial charge on any atom is 0.173 e. The van der Waals surface area contributed by atoms with Crippen molar-refractivity contribution in [2.75, 3.05) is 26.7 Å². The average Bonchev–Trinajstić information content (AvgIpc) is 3.62. The van der Waals surface area contributed by atoms with E-state index in [1.165, 1.54) is 68.4 Å². The summed E-state index contributed by atoms with van der Waals surface area (Å²) in [5.74, 6) is 5.21. The van der Waals surface area contributed by atoms with E-state index in [0.29, 0.717) is 23.4 Å². The highest BCUT2D eigenvalue weighted by molar-refractivity contribution is 5.62.